The van der Waals surface area contributed by atoms with Gasteiger partial charge < -0.3 is 25.1 Å². The molecular weight excluding hydrogens is 400 g/mol. The third-order valence-electron chi connectivity index (χ3n) is 4.80. The van der Waals surface area contributed by atoms with Crippen LogP contribution in [0.15, 0.2) is 53.4 Å². The molecule has 2 heterocycles. The fraction of sp³-hybridized carbons (Fsp3) is 0.350. The van der Waals surface area contributed by atoms with Crippen molar-refractivity contribution in [3.8, 4) is 6.07 Å². The molecule has 0 aliphatic carbocycles. The minimum absolute atomic E-state index is 0.294. The van der Waals surface area contributed by atoms with Gasteiger partial charge in [0.2, 0.25) is 0 Å². The molecule has 0 spiro atoms. The fourth-order valence-corrected chi connectivity index (χ4v) is 4.77. The molecule has 2 aromatic carbocycles. The largest absolute Gasteiger partial charge is 0.388 e. The van der Waals surface area contributed by atoms with Crippen LogP contribution in [0.5, 0.6) is 0 Å². The van der Waals surface area contributed by atoms with Crippen molar-refractivity contribution in [3.05, 3.63) is 64.7 Å². The maximum Gasteiger partial charge on any atom is 0.184 e. The van der Waals surface area contributed by atoms with Gasteiger partial charge in [-0.1, -0.05) is 53.7 Å². The van der Waals surface area contributed by atoms with E-state index in [1.807, 2.05) is 30.3 Å². The summed E-state index contributed by atoms with van der Waals surface area (Å²) in [6, 6.07) is 16.0. The number of aliphatic hydroxyl groups excluding tert-OH is 1. The highest BCUT2D eigenvalue weighted by Gasteiger charge is 2.48. The van der Waals surface area contributed by atoms with Crippen LogP contribution in [0, 0.1) is 11.3 Å². The maximum absolute atomic E-state index is 10.7. The van der Waals surface area contributed by atoms with Crippen molar-refractivity contribution in [3.63, 3.8) is 0 Å². The van der Waals surface area contributed by atoms with Crippen LogP contribution in [-0.4, -0.2) is 41.5 Å². The number of ether oxygens (including phenoxy) is 3. The Hall–Kier alpha value is -1.63. The normalized spacial score (nSPS) is 32.4. The van der Waals surface area contributed by atoms with Crippen molar-refractivity contribution >= 4 is 23.4 Å². The summed E-state index contributed by atoms with van der Waals surface area (Å²) in [7, 11) is 0. The van der Waals surface area contributed by atoms with Crippen LogP contribution in [0.1, 0.15) is 17.4 Å². The number of nitriles is 1. The number of aliphatic hydroxyl groups is 1. The van der Waals surface area contributed by atoms with Gasteiger partial charge in [-0.15, -0.1) is 0 Å². The molecule has 8 heteroatoms. The van der Waals surface area contributed by atoms with Crippen molar-refractivity contribution in [1.82, 2.24) is 0 Å². The zero-order valence-electron chi connectivity index (χ0n) is 14.8. The predicted molar refractivity (Wildman–Crippen MR) is 105 cm³/mol. The number of rotatable bonds is 3. The van der Waals surface area contributed by atoms with Gasteiger partial charge in [-0.25, -0.2) is 0 Å². The Morgan fingerprint density at radius 3 is 2.71 bits per heavy atom. The Bertz CT molecular complexity index is 876. The molecular formula is C20H19ClN2O4S. The fourth-order valence-electron chi connectivity index (χ4n) is 3.32. The summed E-state index contributed by atoms with van der Waals surface area (Å²) in [5.41, 5.74) is 6.98. The van der Waals surface area contributed by atoms with Gasteiger partial charge in [0.05, 0.1) is 18.2 Å². The highest BCUT2D eigenvalue weighted by atomic mass is 35.5. The second-order valence-corrected chi connectivity index (χ2v) is 8.23. The third-order valence-corrected chi connectivity index (χ3v) is 6.25. The molecule has 2 fully saturated rings. The molecule has 3 N–H and O–H groups in total. The average molecular weight is 419 g/mol. The SMILES string of the molecule is N#Cc1ccc(Cl)cc1SC1OC2COC(c3ccccc3)OC2C(N)C1O. The van der Waals surface area contributed by atoms with E-state index in [1.165, 1.54) is 11.8 Å². The summed E-state index contributed by atoms with van der Waals surface area (Å²) >= 11 is 7.28. The molecule has 2 aliphatic heterocycles. The van der Waals surface area contributed by atoms with E-state index in [-0.39, 0.29) is 0 Å². The Labute approximate surface area is 172 Å². The van der Waals surface area contributed by atoms with Gasteiger partial charge in [-0.2, -0.15) is 5.26 Å². The average Bonchev–Trinajstić information content (AvgIpc) is 2.72. The van der Waals surface area contributed by atoms with Crippen LogP contribution in [0.3, 0.4) is 0 Å². The second-order valence-electron chi connectivity index (χ2n) is 6.66. The van der Waals surface area contributed by atoms with Crippen molar-refractivity contribution in [1.29, 1.82) is 5.26 Å². The van der Waals surface area contributed by atoms with Crippen LogP contribution < -0.4 is 5.73 Å². The van der Waals surface area contributed by atoms with Gasteiger partial charge in [0, 0.05) is 15.5 Å². The van der Waals surface area contributed by atoms with Gasteiger partial charge in [0.15, 0.2) is 6.29 Å². The molecule has 0 amide bonds. The standard InChI is InChI=1S/C20H19ClN2O4S/c21-13-7-6-12(9-22)15(8-13)28-20-17(24)16(23)18-14(26-20)10-25-19(27-18)11-4-2-1-3-5-11/h1-8,14,16-20,24H,10,23H2. The van der Waals surface area contributed by atoms with E-state index in [1.54, 1.807) is 18.2 Å². The molecule has 6 nitrogen and oxygen atoms in total. The molecule has 146 valence electrons. The van der Waals surface area contributed by atoms with Crippen molar-refractivity contribution < 1.29 is 19.3 Å². The minimum atomic E-state index is -0.980. The third kappa shape index (κ3) is 3.91. The lowest BCUT2D eigenvalue weighted by atomic mass is 9.97. The van der Waals surface area contributed by atoms with E-state index in [0.29, 0.717) is 22.1 Å². The predicted octanol–water partition coefficient (Wildman–Crippen LogP) is 2.83. The number of fused-ring (bicyclic) bond motifs is 1. The molecule has 6 atom stereocenters. The molecule has 0 aromatic heterocycles. The zero-order valence-corrected chi connectivity index (χ0v) is 16.3. The van der Waals surface area contributed by atoms with Crippen LogP contribution in [0.4, 0.5) is 0 Å². The van der Waals surface area contributed by atoms with E-state index in [9.17, 15) is 10.4 Å². The first-order chi connectivity index (χ1) is 13.6. The number of thioether (sulfide) groups is 1. The molecule has 2 aromatic rings. The highest BCUT2D eigenvalue weighted by molar-refractivity contribution is 7.99. The van der Waals surface area contributed by atoms with Crippen molar-refractivity contribution in [2.75, 3.05) is 6.61 Å². The molecule has 0 saturated carbocycles. The number of hydrogen-bond donors (Lipinski definition) is 2. The topological polar surface area (TPSA) is 97.7 Å². The Kier molecular flexibility index (Phi) is 5.90. The first-order valence-electron chi connectivity index (χ1n) is 8.84. The number of hydrogen-bond acceptors (Lipinski definition) is 7. The minimum Gasteiger partial charge on any atom is -0.388 e. The number of nitrogens with zero attached hydrogens (tertiary/aromatic N) is 1. The van der Waals surface area contributed by atoms with E-state index >= 15 is 0 Å². The number of halogens is 1. The molecule has 6 unspecified atom stereocenters. The van der Waals surface area contributed by atoms with Gasteiger partial charge >= 0.3 is 0 Å². The van der Waals surface area contributed by atoms with Gasteiger partial charge in [-0.3, -0.25) is 0 Å². The summed E-state index contributed by atoms with van der Waals surface area (Å²) in [5, 5.41) is 20.5. The lowest BCUT2D eigenvalue weighted by molar-refractivity contribution is -0.297. The highest BCUT2D eigenvalue weighted by Crippen LogP contribution is 2.39. The van der Waals surface area contributed by atoms with Gasteiger partial charge in [0.1, 0.15) is 29.8 Å². The monoisotopic (exact) mass is 418 g/mol. The first-order valence-corrected chi connectivity index (χ1v) is 10.1. The maximum atomic E-state index is 10.7. The van der Waals surface area contributed by atoms with E-state index in [2.05, 4.69) is 6.07 Å². The summed E-state index contributed by atoms with van der Waals surface area (Å²) in [6.07, 6.45) is -2.45. The Morgan fingerprint density at radius 2 is 1.96 bits per heavy atom. The van der Waals surface area contributed by atoms with Crippen LogP contribution in [-0.2, 0) is 14.2 Å². The molecule has 2 saturated heterocycles. The Morgan fingerprint density at radius 1 is 1.18 bits per heavy atom. The summed E-state index contributed by atoms with van der Waals surface area (Å²) in [6.45, 7) is 0.294. The summed E-state index contributed by atoms with van der Waals surface area (Å²) < 4.78 is 17.9. The number of nitrogens with two attached hydrogens (primary N) is 1. The molecule has 4 rings (SSSR count). The summed E-state index contributed by atoms with van der Waals surface area (Å²) in [5.74, 6) is 0. The Balaban J connectivity index is 1.50. The first kappa shape index (κ1) is 19.7. The zero-order chi connectivity index (χ0) is 19.7. The molecule has 0 radical (unpaired) electrons. The lowest BCUT2D eigenvalue weighted by Gasteiger charge is -2.47. The van der Waals surface area contributed by atoms with Crippen LogP contribution in [0.25, 0.3) is 0 Å². The molecule has 0 bridgehead atoms. The van der Waals surface area contributed by atoms with Crippen LogP contribution in [0.2, 0.25) is 5.02 Å². The van der Waals surface area contributed by atoms with E-state index in [4.69, 9.17) is 31.5 Å². The quantitative estimate of drug-likeness (QED) is 0.790. The number of benzene rings is 2. The summed E-state index contributed by atoms with van der Waals surface area (Å²) in [4.78, 5) is 0.629. The van der Waals surface area contributed by atoms with Crippen LogP contribution >= 0.6 is 23.4 Å². The smallest absolute Gasteiger partial charge is 0.184 e. The molecule has 28 heavy (non-hydrogen) atoms. The van der Waals surface area contributed by atoms with E-state index in [0.717, 1.165) is 5.56 Å². The van der Waals surface area contributed by atoms with E-state index < -0.39 is 36.1 Å². The van der Waals surface area contributed by atoms with Gasteiger partial charge in [0.25, 0.3) is 0 Å². The van der Waals surface area contributed by atoms with Crippen molar-refractivity contribution in [2.24, 2.45) is 5.73 Å². The lowest BCUT2D eigenvalue weighted by Crippen LogP contribution is -2.64. The van der Waals surface area contributed by atoms with Gasteiger partial charge in [-0.05, 0) is 18.2 Å². The van der Waals surface area contributed by atoms with Crippen molar-refractivity contribution in [2.45, 2.75) is 41.0 Å². The second kappa shape index (κ2) is 8.39. The molecule has 2 aliphatic rings.